The van der Waals surface area contributed by atoms with Gasteiger partial charge in [0.2, 0.25) is 0 Å². The lowest BCUT2D eigenvalue weighted by Crippen LogP contribution is -2.17. The molecule has 0 amide bonds. The number of aliphatic carboxylic acids is 1. The van der Waals surface area contributed by atoms with Gasteiger partial charge < -0.3 is 9.84 Å². The summed E-state index contributed by atoms with van der Waals surface area (Å²) in [5.41, 5.74) is 1.17. The van der Waals surface area contributed by atoms with E-state index in [-0.39, 0.29) is 6.10 Å². The van der Waals surface area contributed by atoms with Crippen molar-refractivity contribution < 1.29 is 14.6 Å². The predicted octanol–water partition coefficient (Wildman–Crippen LogP) is 2.55. The number of carbonyl (C=O) groups is 1. The first-order valence-electron chi connectivity index (χ1n) is 6.31. The molecule has 1 rings (SSSR count). The molecule has 0 saturated heterocycles. The van der Waals surface area contributed by atoms with Crippen LogP contribution in [0.2, 0.25) is 0 Å². The Hall–Kier alpha value is -1.81. The molecule has 4 nitrogen and oxygen atoms in total. The van der Waals surface area contributed by atoms with Crippen LogP contribution >= 0.6 is 0 Å². The van der Waals surface area contributed by atoms with Crippen molar-refractivity contribution in [1.29, 1.82) is 0 Å². The molecule has 1 N–H and O–H groups in total. The molecule has 0 aliphatic rings. The van der Waals surface area contributed by atoms with Crippen LogP contribution in [-0.4, -0.2) is 35.7 Å². The van der Waals surface area contributed by atoms with Crippen LogP contribution in [0.4, 0.5) is 0 Å². The number of carboxylic acids is 1. The number of carboxylic acid groups (broad SMARTS) is 1. The number of nitrogens with zero attached hydrogens (tertiary/aromatic N) is 1. The molecule has 1 aromatic carbocycles. The van der Waals surface area contributed by atoms with Gasteiger partial charge in [-0.2, -0.15) is 0 Å². The van der Waals surface area contributed by atoms with Crippen LogP contribution in [-0.2, 0) is 11.3 Å². The van der Waals surface area contributed by atoms with Gasteiger partial charge in [0.1, 0.15) is 5.75 Å². The molecule has 0 bridgehead atoms. The molecule has 0 saturated carbocycles. The van der Waals surface area contributed by atoms with Crippen molar-refractivity contribution in [2.24, 2.45) is 0 Å². The summed E-state index contributed by atoms with van der Waals surface area (Å²) in [5, 5.41) is 8.50. The van der Waals surface area contributed by atoms with Gasteiger partial charge in [-0.3, -0.25) is 4.90 Å². The summed E-state index contributed by atoms with van der Waals surface area (Å²) in [7, 11) is 1.95. The molecule has 4 heteroatoms. The van der Waals surface area contributed by atoms with Gasteiger partial charge in [-0.1, -0.05) is 18.2 Å². The fraction of sp³-hybridized carbons (Fsp3) is 0.400. The van der Waals surface area contributed by atoms with E-state index in [1.807, 2.05) is 50.1 Å². The van der Waals surface area contributed by atoms with Crippen molar-refractivity contribution in [2.45, 2.75) is 26.5 Å². The topological polar surface area (TPSA) is 49.8 Å². The molecule has 0 unspecified atom stereocenters. The maximum atomic E-state index is 10.3. The van der Waals surface area contributed by atoms with Crippen molar-refractivity contribution in [3.63, 3.8) is 0 Å². The second kappa shape index (κ2) is 7.59. The van der Waals surface area contributed by atoms with Crippen LogP contribution in [0, 0.1) is 0 Å². The molecule has 104 valence electrons. The largest absolute Gasteiger partial charge is 0.491 e. The van der Waals surface area contributed by atoms with Crippen molar-refractivity contribution >= 4 is 5.97 Å². The van der Waals surface area contributed by atoms with E-state index in [2.05, 4.69) is 0 Å². The summed E-state index contributed by atoms with van der Waals surface area (Å²) < 4.78 is 5.58. The minimum atomic E-state index is -0.913. The van der Waals surface area contributed by atoms with Gasteiger partial charge >= 0.3 is 5.97 Å². The zero-order chi connectivity index (χ0) is 14.3. The van der Waals surface area contributed by atoms with Gasteiger partial charge in [0.15, 0.2) is 0 Å². The van der Waals surface area contributed by atoms with Crippen LogP contribution in [0.3, 0.4) is 0 Å². The molecule has 0 aromatic heterocycles. The average molecular weight is 263 g/mol. The van der Waals surface area contributed by atoms with Gasteiger partial charge in [0.05, 0.1) is 6.10 Å². The van der Waals surface area contributed by atoms with E-state index in [1.165, 1.54) is 5.56 Å². The van der Waals surface area contributed by atoms with Crippen LogP contribution < -0.4 is 4.74 Å². The Morgan fingerprint density at radius 2 is 2.00 bits per heavy atom. The normalized spacial score (nSPS) is 11.4. The summed E-state index contributed by atoms with van der Waals surface area (Å²) in [5.74, 6) is -0.0456. The molecule has 0 spiro atoms. The maximum absolute atomic E-state index is 10.3. The zero-order valence-electron chi connectivity index (χ0n) is 11.7. The Labute approximate surface area is 114 Å². The molecule has 0 radical (unpaired) electrons. The molecule has 1 aromatic rings. The van der Waals surface area contributed by atoms with Crippen LogP contribution in [0.1, 0.15) is 19.4 Å². The minimum Gasteiger partial charge on any atom is -0.491 e. The Balaban J connectivity index is 2.46. The summed E-state index contributed by atoms with van der Waals surface area (Å²) >= 11 is 0. The summed E-state index contributed by atoms with van der Waals surface area (Å²) in [4.78, 5) is 12.4. The lowest BCUT2D eigenvalue weighted by atomic mass is 10.2. The third-order valence-electron chi connectivity index (χ3n) is 2.43. The van der Waals surface area contributed by atoms with Crippen LogP contribution in [0.5, 0.6) is 5.75 Å². The molecule has 0 aliphatic carbocycles. The number of hydrogen-bond donors (Lipinski definition) is 1. The summed E-state index contributed by atoms with van der Waals surface area (Å²) in [6.45, 7) is 5.37. The minimum absolute atomic E-state index is 0.176. The van der Waals surface area contributed by atoms with E-state index in [1.54, 1.807) is 6.08 Å². The lowest BCUT2D eigenvalue weighted by molar-refractivity contribution is -0.131. The first-order valence-corrected chi connectivity index (χ1v) is 6.31. The standard InChI is InChI=1S/C15H21NO3/c1-12(2)19-14-8-6-13(7-9-14)11-16(3)10-4-5-15(17)18/h4-9,12H,10-11H2,1-3H3,(H,17,18)/b5-4+. The van der Waals surface area contributed by atoms with E-state index in [4.69, 9.17) is 9.84 Å². The fourth-order valence-corrected chi connectivity index (χ4v) is 1.66. The highest BCUT2D eigenvalue weighted by molar-refractivity contribution is 5.79. The number of hydrogen-bond acceptors (Lipinski definition) is 3. The highest BCUT2D eigenvalue weighted by Gasteiger charge is 2.01. The van der Waals surface area contributed by atoms with E-state index >= 15 is 0 Å². The third-order valence-corrected chi connectivity index (χ3v) is 2.43. The van der Waals surface area contributed by atoms with Gasteiger partial charge in [0, 0.05) is 19.2 Å². The van der Waals surface area contributed by atoms with Gasteiger partial charge in [0.25, 0.3) is 0 Å². The number of ether oxygens (including phenoxy) is 1. The fourth-order valence-electron chi connectivity index (χ4n) is 1.66. The Morgan fingerprint density at radius 1 is 1.37 bits per heavy atom. The SMILES string of the molecule is CC(C)Oc1ccc(CN(C)C/C=C/C(=O)O)cc1. The highest BCUT2D eigenvalue weighted by Crippen LogP contribution is 2.14. The van der Waals surface area contributed by atoms with E-state index in [0.717, 1.165) is 18.4 Å². The molecule has 0 atom stereocenters. The van der Waals surface area contributed by atoms with Crippen molar-refractivity contribution in [3.8, 4) is 5.75 Å². The third kappa shape index (κ3) is 6.62. The Kier molecular flexibility index (Phi) is 6.09. The monoisotopic (exact) mass is 263 g/mol. The molecule has 0 aliphatic heterocycles. The van der Waals surface area contributed by atoms with E-state index < -0.39 is 5.97 Å². The Morgan fingerprint density at radius 3 is 2.53 bits per heavy atom. The number of benzene rings is 1. The van der Waals surface area contributed by atoms with E-state index in [9.17, 15) is 4.79 Å². The second-order valence-corrected chi connectivity index (χ2v) is 4.75. The van der Waals surface area contributed by atoms with Crippen LogP contribution in [0.15, 0.2) is 36.4 Å². The first kappa shape index (κ1) is 15.2. The summed E-state index contributed by atoms with van der Waals surface area (Å²) in [6, 6.07) is 7.96. The lowest BCUT2D eigenvalue weighted by Gasteiger charge is -2.15. The summed E-state index contributed by atoms with van der Waals surface area (Å²) in [6.07, 6.45) is 2.98. The predicted molar refractivity (Wildman–Crippen MR) is 75.3 cm³/mol. The molecule has 19 heavy (non-hydrogen) atoms. The second-order valence-electron chi connectivity index (χ2n) is 4.75. The van der Waals surface area contributed by atoms with Gasteiger partial charge in [-0.25, -0.2) is 4.79 Å². The van der Waals surface area contributed by atoms with E-state index in [0.29, 0.717) is 6.54 Å². The molecule has 0 heterocycles. The quantitative estimate of drug-likeness (QED) is 0.768. The Bertz CT molecular complexity index is 424. The van der Waals surface area contributed by atoms with Crippen molar-refractivity contribution in [3.05, 3.63) is 42.0 Å². The highest BCUT2D eigenvalue weighted by atomic mass is 16.5. The molecular formula is C15H21NO3. The van der Waals surface area contributed by atoms with Crippen molar-refractivity contribution in [1.82, 2.24) is 4.90 Å². The number of likely N-dealkylation sites (N-methyl/N-ethyl adjacent to an activating group) is 1. The molecule has 0 fully saturated rings. The van der Waals surface area contributed by atoms with Crippen molar-refractivity contribution in [2.75, 3.05) is 13.6 Å². The smallest absolute Gasteiger partial charge is 0.328 e. The van der Waals surface area contributed by atoms with Crippen LogP contribution in [0.25, 0.3) is 0 Å². The first-order chi connectivity index (χ1) is 8.97. The maximum Gasteiger partial charge on any atom is 0.328 e. The number of rotatable bonds is 7. The average Bonchev–Trinajstić information content (AvgIpc) is 2.30. The zero-order valence-corrected chi connectivity index (χ0v) is 11.7. The van der Waals surface area contributed by atoms with Gasteiger partial charge in [-0.05, 0) is 38.6 Å². The molecular weight excluding hydrogens is 242 g/mol. The van der Waals surface area contributed by atoms with Gasteiger partial charge in [-0.15, -0.1) is 0 Å².